The van der Waals surface area contributed by atoms with Gasteiger partial charge in [0.15, 0.2) is 9.84 Å². The highest BCUT2D eigenvalue weighted by atomic mass is 32.2. The first kappa shape index (κ1) is 17.8. The Balaban J connectivity index is 1.77. The molecule has 0 unspecified atom stereocenters. The number of hydrogen-bond donors (Lipinski definition) is 1. The van der Waals surface area contributed by atoms with E-state index in [0.717, 1.165) is 11.8 Å². The second-order valence-corrected chi connectivity index (χ2v) is 7.97. The molecular formula is C18H18N4O3S. The number of hydrogen-bond acceptors (Lipinski definition) is 5. The summed E-state index contributed by atoms with van der Waals surface area (Å²) in [5.74, 6) is -0.291. The fraction of sp³-hybridized carbons (Fsp3) is 0.167. The van der Waals surface area contributed by atoms with Crippen LogP contribution in [0.3, 0.4) is 0 Å². The Labute approximate surface area is 151 Å². The number of sulfone groups is 1. The number of carbonyl (C=O) groups excluding carboxylic acids is 1. The number of amides is 1. The number of carbonyl (C=O) groups is 1. The van der Waals surface area contributed by atoms with E-state index >= 15 is 0 Å². The summed E-state index contributed by atoms with van der Waals surface area (Å²) in [4.78, 5) is 16.7. The fourth-order valence-corrected chi connectivity index (χ4v) is 3.09. The molecule has 0 aliphatic rings. The smallest absolute Gasteiger partial charge is 0.258 e. The Kier molecular flexibility index (Phi) is 4.85. The fourth-order valence-electron chi connectivity index (χ4n) is 2.44. The molecule has 1 heterocycles. The lowest BCUT2D eigenvalue weighted by Crippen LogP contribution is -2.15. The Morgan fingerprint density at radius 1 is 1.15 bits per heavy atom. The number of anilines is 1. The van der Waals surface area contributed by atoms with E-state index in [1.165, 1.54) is 18.5 Å². The second kappa shape index (κ2) is 7.09. The average Bonchev–Trinajstić information content (AvgIpc) is 3.02. The van der Waals surface area contributed by atoms with Crippen molar-refractivity contribution < 1.29 is 13.2 Å². The highest BCUT2D eigenvalue weighted by molar-refractivity contribution is 7.90. The van der Waals surface area contributed by atoms with Gasteiger partial charge in [-0.05, 0) is 30.2 Å². The van der Waals surface area contributed by atoms with Crippen LogP contribution in [0.4, 0.5) is 5.95 Å². The standard InChI is InChI=1S/C18H18N4O3S/c1-13-8-9-15(26(2,24)25)10-16(13)17(23)20-18-19-12-22(21-18)11-14-6-4-3-5-7-14/h3-10,12H,11H2,1-2H3,(H,20,21,23). The van der Waals surface area contributed by atoms with Crippen LogP contribution in [0.5, 0.6) is 0 Å². The Hall–Kier alpha value is -3.00. The van der Waals surface area contributed by atoms with Gasteiger partial charge in [0.1, 0.15) is 6.33 Å². The van der Waals surface area contributed by atoms with E-state index in [2.05, 4.69) is 15.4 Å². The summed E-state index contributed by atoms with van der Waals surface area (Å²) in [6.45, 7) is 2.27. The zero-order valence-electron chi connectivity index (χ0n) is 14.4. The quantitative estimate of drug-likeness (QED) is 0.744. The number of rotatable bonds is 5. The zero-order chi connectivity index (χ0) is 18.7. The SMILES string of the molecule is Cc1ccc(S(C)(=O)=O)cc1C(=O)Nc1ncn(Cc2ccccc2)n1. The largest absolute Gasteiger partial charge is 0.289 e. The van der Waals surface area contributed by atoms with Gasteiger partial charge in [-0.15, -0.1) is 5.10 Å². The van der Waals surface area contributed by atoms with Crippen LogP contribution in [-0.4, -0.2) is 35.3 Å². The van der Waals surface area contributed by atoms with Gasteiger partial charge in [0.05, 0.1) is 11.4 Å². The average molecular weight is 370 g/mol. The van der Waals surface area contributed by atoms with Crippen molar-refractivity contribution in [3.63, 3.8) is 0 Å². The molecule has 1 amide bonds. The van der Waals surface area contributed by atoms with Crippen LogP contribution in [0.15, 0.2) is 59.8 Å². The molecule has 3 rings (SSSR count). The van der Waals surface area contributed by atoms with Crippen LogP contribution in [0.1, 0.15) is 21.5 Å². The van der Waals surface area contributed by atoms with Gasteiger partial charge in [-0.3, -0.25) is 10.1 Å². The van der Waals surface area contributed by atoms with Gasteiger partial charge in [-0.1, -0.05) is 36.4 Å². The van der Waals surface area contributed by atoms with E-state index in [1.807, 2.05) is 30.3 Å². The number of nitrogens with one attached hydrogen (secondary N) is 1. The molecule has 2 aromatic carbocycles. The van der Waals surface area contributed by atoms with Crippen LogP contribution in [0, 0.1) is 6.92 Å². The first-order valence-electron chi connectivity index (χ1n) is 7.88. The summed E-state index contributed by atoms with van der Waals surface area (Å²) < 4.78 is 25.0. The minimum atomic E-state index is -3.39. The molecule has 0 fully saturated rings. The molecule has 8 heteroatoms. The number of benzene rings is 2. The molecule has 0 atom stereocenters. The van der Waals surface area contributed by atoms with Crippen molar-refractivity contribution in [2.75, 3.05) is 11.6 Å². The molecule has 26 heavy (non-hydrogen) atoms. The van der Waals surface area contributed by atoms with Gasteiger partial charge in [0.25, 0.3) is 5.91 Å². The molecule has 3 aromatic rings. The van der Waals surface area contributed by atoms with Crippen LogP contribution in [0.25, 0.3) is 0 Å². The lowest BCUT2D eigenvalue weighted by Gasteiger charge is -2.07. The van der Waals surface area contributed by atoms with Gasteiger partial charge in [-0.2, -0.15) is 0 Å². The molecule has 134 valence electrons. The van der Waals surface area contributed by atoms with E-state index in [9.17, 15) is 13.2 Å². The molecule has 1 N–H and O–H groups in total. The van der Waals surface area contributed by atoms with Crippen LogP contribution in [0.2, 0.25) is 0 Å². The third-order valence-corrected chi connectivity index (χ3v) is 4.94. The van der Waals surface area contributed by atoms with Crippen molar-refractivity contribution >= 4 is 21.7 Å². The summed E-state index contributed by atoms with van der Waals surface area (Å²) in [5.41, 5.74) is 2.00. The molecule has 0 saturated carbocycles. The molecule has 0 saturated heterocycles. The molecule has 0 aliphatic carbocycles. The van der Waals surface area contributed by atoms with Gasteiger partial charge in [0, 0.05) is 11.8 Å². The van der Waals surface area contributed by atoms with Crippen LogP contribution < -0.4 is 5.32 Å². The lowest BCUT2D eigenvalue weighted by molar-refractivity contribution is 0.102. The summed E-state index contributed by atoms with van der Waals surface area (Å²) >= 11 is 0. The maximum absolute atomic E-state index is 12.5. The number of aromatic nitrogens is 3. The van der Waals surface area contributed by atoms with E-state index in [0.29, 0.717) is 12.1 Å². The number of aryl methyl sites for hydroxylation is 1. The minimum absolute atomic E-state index is 0.0933. The van der Waals surface area contributed by atoms with E-state index in [1.54, 1.807) is 17.7 Å². The maximum Gasteiger partial charge on any atom is 0.258 e. The Morgan fingerprint density at radius 3 is 2.58 bits per heavy atom. The lowest BCUT2D eigenvalue weighted by atomic mass is 10.1. The van der Waals surface area contributed by atoms with Crippen molar-refractivity contribution in [2.24, 2.45) is 0 Å². The summed E-state index contributed by atoms with van der Waals surface area (Å²) in [6, 6.07) is 14.2. The predicted molar refractivity (Wildman–Crippen MR) is 97.8 cm³/mol. The molecular weight excluding hydrogens is 352 g/mol. The monoisotopic (exact) mass is 370 g/mol. The predicted octanol–water partition coefficient (Wildman–Crippen LogP) is 2.29. The molecule has 1 aromatic heterocycles. The van der Waals surface area contributed by atoms with E-state index < -0.39 is 15.7 Å². The van der Waals surface area contributed by atoms with Crippen molar-refractivity contribution in [3.8, 4) is 0 Å². The van der Waals surface area contributed by atoms with Gasteiger partial charge >= 0.3 is 0 Å². The summed E-state index contributed by atoms with van der Waals surface area (Å²) in [7, 11) is -3.39. The Bertz CT molecular complexity index is 1040. The first-order valence-corrected chi connectivity index (χ1v) is 9.77. The van der Waals surface area contributed by atoms with Crippen molar-refractivity contribution in [3.05, 3.63) is 71.5 Å². The maximum atomic E-state index is 12.5. The molecule has 0 spiro atoms. The Morgan fingerprint density at radius 2 is 1.88 bits per heavy atom. The molecule has 0 bridgehead atoms. The second-order valence-electron chi connectivity index (χ2n) is 5.95. The van der Waals surface area contributed by atoms with Gasteiger partial charge < -0.3 is 0 Å². The van der Waals surface area contributed by atoms with Crippen molar-refractivity contribution in [1.82, 2.24) is 14.8 Å². The van der Waals surface area contributed by atoms with Crippen molar-refractivity contribution in [2.45, 2.75) is 18.4 Å². The van der Waals surface area contributed by atoms with Crippen LogP contribution in [-0.2, 0) is 16.4 Å². The normalized spacial score (nSPS) is 11.3. The van der Waals surface area contributed by atoms with Crippen molar-refractivity contribution in [1.29, 1.82) is 0 Å². The van der Waals surface area contributed by atoms with Crippen LogP contribution >= 0.6 is 0 Å². The first-order chi connectivity index (χ1) is 12.3. The minimum Gasteiger partial charge on any atom is -0.289 e. The van der Waals surface area contributed by atoms with Gasteiger partial charge in [-0.25, -0.2) is 18.1 Å². The van der Waals surface area contributed by atoms with E-state index in [-0.39, 0.29) is 16.4 Å². The highest BCUT2D eigenvalue weighted by Crippen LogP contribution is 2.16. The summed E-state index contributed by atoms with van der Waals surface area (Å²) in [6.07, 6.45) is 2.63. The van der Waals surface area contributed by atoms with E-state index in [4.69, 9.17) is 0 Å². The third kappa shape index (κ3) is 4.15. The highest BCUT2D eigenvalue weighted by Gasteiger charge is 2.16. The third-order valence-electron chi connectivity index (χ3n) is 3.83. The zero-order valence-corrected chi connectivity index (χ0v) is 15.2. The van der Waals surface area contributed by atoms with Gasteiger partial charge in [0.2, 0.25) is 5.95 Å². The number of nitrogens with zero attached hydrogens (tertiary/aromatic N) is 3. The molecule has 0 radical (unpaired) electrons. The molecule has 7 nitrogen and oxygen atoms in total. The molecule has 0 aliphatic heterocycles. The topological polar surface area (TPSA) is 94.0 Å². The summed E-state index contributed by atoms with van der Waals surface area (Å²) in [5, 5.41) is 6.83.